The largest absolute Gasteiger partial charge is 0.147 e. The molecule has 0 bridgehead atoms. The summed E-state index contributed by atoms with van der Waals surface area (Å²) in [6, 6.07) is 0. The predicted molar refractivity (Wildman–Crippen MR) is 76.1 cm³/mol. The molecule has 1 aliphatic carbocycles. The van der Waals surface area contributed by atoms with E-state index in [1.54, 1.807) is 3.28 Å². The zero-order chi connectivity index (χ0) is 10.5. The van der Waals surface area contributed by atoms with Gasteiger partial charge in [0.05, 0.1) is 0 Å². The van der Waals surface area contributed by atoms with E-state index < -0.39 is 15.8 Å². The number of hydrogen-bond donors (Lipinski definition) is 0. The molecule has 1 aliphatic rings. The quantitative estimate of drug-likeness (QED) is 0.571. The fraction of sp³-hybridized carbons (Fsp3) is 0.667. The van der Waals surface area contributed by atoms with Gasteiger partial charge in [0, 0.05) is 0 Å². The smallest absolute Gasteiger partial charge is 0.147 e. The van der Waals surface area contributed by atoms with Crippen LogP contribution in [0, 0.1) is 0 Å². The zero-order valence-corrected chi connectivity index (χ0v) is 15.1. The van der Waals surface area contributed by atoms with Gasteiger partial charge in [0.1, 0.15) is 0 Å². The summed E-state index contributed by atoms with van der Waals surface area (Å²) in [7, 11) is 0. The summed E-state index contributed by atoms with van der Waals surface area (Å²) >= 11 is -3.40. The molecule has 0 radical (unpaired) electrons. The van der Waals surface area contributed by atoms with Crippen LogP contribution in [0.5, 0.6) is 0 Å². The summed E-state index contributed by atoms with van der Waals surface area (Å²) in [5.41, 5.74) is 0. The van der Waals surface area contributed by atoms with Crippen LogP contribution in [0.2, 0.25) is 27.3 Å². The van der Waals surface area contributed by atoms with Gasteiger partial charge in [-0.1, -0.05) is 0 Å². The second-order valence-electron chi connectivity index (χ2n) is 9.87. The minimum atomic E-state index is -3.40. The maximum absolute atomic E-state index is 3.40. The van der Waals surface area contributed by atoms with Gasteiger partial charge in [-0.3, -0.25) is 0 Å². The number of rotatable bonds is 2. The van der Waals surface area contributed by atoms with E-state index in [0.29, 0.717) is 0 Å². The van der Waals surface area contributed by atoms with Gasteiger partial charge in [0.25, 0.3) is 0 Å². The summed E-state index contributed by atoms with van der Waals surface area (Å²) in [4.78, 5) is 0. The third-order valence-electron chi connectivity index (χ3n) is 4.55. The summed E-state index contributed by atoms with van der Waals surface area (Å²) in [5.74, 6) is 0. The first-order valence-electron chi connectivity index (χ1n) is 5.53. The minimum absolute atomic E-state index is 0. The van der Waals surface area contributed by atoms with E-state index in [1.165, 1.54) is 10.5 Å². The Bertz CT molecular complexity index is 319. The Morgan fingerprint density at radius 2 is 1.53 bits per heavy atom. The third-order valence-corrected chi connectivity index (χ3v) is 24.0. The van der Waals surface area contributed by atoms with Gasteiger partial charge >= 0.3 is 78.0 Å². The molecule has 0 saturated carbocycles. The minimum Gasteiger partial charge on any atom is -0.147 e. The maximum atomic E-state index is 2.57. The normalized spacial score (nSPS) is 22.3. The van der Waals surface area contributed by atoms with Crippen LogP contribution in [-0.4, -0.2) is 0 Å². The molecule has 0 nitrogen and oxygen atoms in total. The summed E-state index contributed by atoms with van der Waals surface area (Å²) < 4.78 is 15.9. The average molecular weight is 333 g/mol. The van der Waals surface area contributed by atoms with E-state index in [-0.39, 0.29) is 24.8 Å². The Morgan fingerprint density at radius 3 is 1.80 bits per heavy atom. The fourth-order valence-electron chi connectivity index (χ4n) is 1.73. The first-order valence-corrected chi connectivity index (χ1v) is 20.8. The Hall–Kier alpha value is 0.943. The Labute approximate surface area is 102 Å². The Morgan fingerprint density at radius 1 is 1.07 bits per heavy atom. The van der Waals surface area contributed by atoms with Gasteiger partial charge in [-0.05, 0) is 0 Å². The molecule has 0 atom stereocenters. The van der Waals surface area contributed by atoms with Crippen molar-refractivity contribution in [3.63, 3.8) is 0 Å². The van der Waals surface area contributed by atoms with E-state index >= 15 is 0 Å². The molecule has 15 heavy (non-hydrogen) atoms. The van der Waals surface area contributed by atoms with Crippen LogP contribution in [0.1, 0.15) is 13.3 Å². The van der Waals surface area contributed by atoms with Gasteiger partial charge in [0.15, 0.2) is 0 Å². The summed E-state index contributed by atoms with van der Waals surface area (Å²) in [6.07, 6.45) is 8.07. The molecule has 0 spiro atoms. The first kappa shape index (κ1) is 18.3. The van der Waals surface area contributed by atoms with Crippen molar-refractivity contribution < 1.29 is 15.8 Å². The van der Waals surface area contributed by atoms with Gasteiger partial charge in [-0.2, -0.15) is 0 Å². The van der Waals surface area contributed by atoms with Crippen molar-refractivity contribution in [3.8, 4) is 0 Å². The summed E-state index contributed by atoms with van der Waals surface area (Å²) in [6.45, 7) is 2.36. The Kier molecular flexibility index (Phi) is 3.96. The van der Waals surface area contributed by atoms with Crippen molar-refractivity contribution in [2.24, 2.45) is 0 Å². The van der Waals surface area contributed by atoms with Crippen LogP contribution in [0.4, 0.5) is 0 Å². The second kappa shape index (κ2) is 3.24. The van der Waals surface area contributed by atoms with E-state index in [4.69, 9.17) is 0 Å². The van der Waals surface area contributed by atoms with Gasteiger partial charge < -0.3 is 0 Å². The van der Waals surface area contributed by atoms with Crippen LogP contribution in [0.15, 0.2) is 21.5 Å². The van der Waals surface area contributed by atoms with Crippen molar-refractivity contribution in [2.75, 3.05) is 0 Å². The Balaban J connectivity index is 0. The summed E-state index contributed by atoms with van der Waals surface area (Å²) in [5, 5.41) is 0. The molecular weight excluding hydrogens is 306 g/mol. The molecule has 93 valence electrons. The van der Waals surface area contributed by atoms with Crippen molar-refractivity contribution >= 4 is 24.8 Å². The zero-order valence-electron chi connectivity index (χ0n) is 11.0. The predicted octanol–water partition coefficient (Wildman–Crippen LogP) is 6.11. The SMILES string of the molecule is C[CH2][Zr]([CH3])([CH3])([CH3])([CH3])([CH3])[C]1=CC=CC1.Cl.Cl. The molecule has 0 fully saturated rings. The van der Waals surface area contributed by atoms with Gasteiger partial charge in [-0.15, -0.1) is 24.8 Å². The average Bonchev–Trinajstić information content (AvgIpc) is 2.36. The molecule has 0 unspecified atom stereocenters. The first-order chi connectivity index (χ1) is 5.40. The molecule has 0 amide bonds. The van der Waals surface area contributed by atoms with Crippen LogP contribution >= 0.6 is 24.8 Å². The molecule has 0 N–H and O–H groups in total. The van der Waals surface area contributed by atoms with Crippen molar-refractivity contribution in [3.05, 3.63) is 21.5 Å². The van der Waals surface area contributed by atoms with E-state index in [0.717, 1.165) is 0 Å². The number of hydrogen-bond acceptors (Lipinski definition) is 0. The van der Waals surface area contributed by atoms with Crippen LogP contribution in [0.3, 0.4) is 0 Å². The number of allylic oxidation sites excluding steroid dienone is 4. The van der Waals surface area contributed by atoms with Crippen LogP contribution in [-0.2, 0) is 15.8 Å². The molecule has 0 aromatic rings. The van der Waals surface area contributed by atoms with Crippen LogP contribution in [0.25, 0.3) is 0 Å². The molecular formula is C12H27Cl2Zr. The van der Waals surface area contributed by atoms with Crippen molar-refractivity contribution in [1.82, 2.24) is 0 Å². The van der Waals surface area contributed by atoms with E-state index in [2.05, 4.69) is 48.3 Å². The van der Waals surface area contributed by atoms with Crippen LogP contribution < -0.4 is 0 Å². The number of halogens is 2. The molecule has 0 heterocycles. The molecule has 0 aromatic carbocycles. The van der Waals surface area contributed by atoms with E-state index in [1.807, 2.05) is 0 Å². The van der Waals surface area contributed by atoms with Crippen molar-refractivity contribution in [2.45, 2.75) is 40.6 Å². The fourth-order valence-corrected chi connectivity index (χ4v) is 8.58. The van der Waals surface area contributed by atoms with E-state index in [9.17, 15) is 0 Å². The molecule has 1 rings (SSSR count). The molecule has 3 heteroatoms. The molecule has 0 saturated heterocycles. The third kappa shape index (κ3) is 3.72. The topological polar surface area (TPSA) is 0 Å². The monoisotopic (exact) mass is 331 g/mol. The standard InChI is InChI=1S/C5H5.C2H5.5CH3.2ClH.Zr/c1-2-4-5-3-1;1-2;;;;;;;;/h1-3H,4H2;1H2,2H3;5*1H3;2*1H;. The molecule has 0 aromatic heterocycles. The van der Waals surface area contributed by atoms with Gasteiger partial charge in [0.2, 0.25) is 0 Å². The second-order valence-corrected chi connectivity index (χ2v) is 53.5. The van der Waals surface area contributed by atoms with Gasteiger partial charge in [-0.25, -0.2) is 0 Å². The van der Waals surface area contributed by atoms with Crippen molar-refractivity contribution in [1.29, 1.82) is 0 Å². The maximum Gasteiger partial charge on any atom is -0.147 e. The molecule has 0 aliphatic heterocycles.